The molecule has 1 aliphatic heterocycles. The molecule has 166 valence electrons. The summed E-state index contributed by atoms with van der Waals surface area (Å²) in [5, 5.41) is 9.25. The fraction of sp³-hybridized carbons (Fsp3) is 0.960. The number of rotatable bonds is 19. The van der Waals surface area contributed by atoms with Gasteiger partial charge in [-0.05, 0) is 32.1 Å². The predicted molar refractivity (Wildman–Crippen MR) is 121 cm³/mol. The standard InChI is InChI=1S/C25H49NO2/c1-2-3-4-5-6-7-8-9-10-11-12-13-14-15-16-18-21-26(24-25(27)28)22-19-17-20-23-26/h2-24H2,1H3/p+1. The molecule has 0 spiro atoms. The Balaban J connectivity index is 1.86. The average Bonchev–Trinajstić information content (AvgIpc) is 2.68. The number of carbonyl (C=O) groups is 1. The van der Waals surface area contributed by atoms with Gasteiger partial charge in [0.2, 0.25) is 0 Å². The Labute approximate surface area is 175 Å². The van der Waals surface area contributed by atoms with Gasteiger partial charge in [-0.3, -0.25) is 0 Å². The van der Waals surface area contributed by atoms with Crippen molar-refractivity contribution in [2.75, 3.05) is 26.2 Å². The molecule has 0 bridgehead atoms. The summed E-state index contributed by atoms with van der Waals surface area (Å²) in [6.45, 7) is 5.90. The molecule has 1 heterocycles. The van der Waals surface area contributed by atoms with Gasteiger partial charge in [0.05, 0.1) is 19.6 Å². The van der Waals surface area contributed by atoms with Gasteiger partial charge in [-0.25, -0.2) is 4.79 Å². The van der Waals surface area contributed by atoms with Crippen LogP contribution in [0.15, 0.2) is 0 Å². The van der Waals surface area contributed by atoms with E-state index in [0.717, 1.165) is 24.1 Å². The highest BCUT2D eigenvalue weighted by atomic mass is 16.4. The zero-order valence-corrected chi connectivity index (χ0v) is 19.1. The minimum absolute atomic E-state index is 0.346. The molecule has 1 aliphatic rings. The number of carboxylic acid groups (broad SMARTS) is 1. The highest BCUT2D eigenvalue weighted by Crippen LogP contribution is 2.21. The van der Waals surface area contributed by atoms with Gasteiger partial charge in [0.25, 0.3) is 0 Å². The van der Waals surface area contributed by atoms with E-state index >= 15 is 0 Å². The van der Waals surface area contributed by atoms with Crippen molar-refractivity contribution in [2.24, 2.45) is 0 Å². The molecule has 1 rings (SSSR count). The molecule has 0 aliphatic carbocycles. The smallest absolute Gasteiger partial charge is 0.359 e. The van der Waals surface area contributed by atoms with Crippen LogP contribution in [0.3, 0.4) is 0 Å². The van der Waals surface area contributed by atoms with Gasteiger partial charge in [0, 0.05) is 0 Å². The maximum Gasteiger partial charge on any atom is 0.359 e. The molecular weight excluding hydrogens is 346 g/mol. The second-order valence-corrected chi connectivity index (χ2v) is 9.43. The highest BCUT2D eigenvalue weighted by molar-refractivity contribution is 5.67. The molecule has 0 atom stereocenters. The first-order valence-corrected chi connectivity index (χ1v) is 12.8. The third-order valence-corrected chi connectivity index (χ3v) is 6.72. The Morgan fingerprint density at radius 3 is 1.43 bits per heavy atom. The normalized spacial score (nSPS) is 16.3. The van der Waals surface area contributed by atoms with Crippen molar-refractivity contribution in [2.45, 2.75) is 129 Å². The minimum atomic E-state index is -0.613. The summed E-state index contributed by atoms with van der Waals surface area (Å²) < 4.78 is 0.855. The second-order valence-electron chi connectivity index (χ2n) is 9.43. The summed E-state index contributed by atoms with van der Waals surface area (Å²) in [6.07, 6.45) is 26.0. The van der Waals surface area contributed by atoms with Crippen LogP contribution in [0.25, 0.3) is 0 Å². The Bertz CT molecular complexity index is 364. The fourth-order valence-electron chi connectivity index (χ4n) is 4.93. The third kappa shape index (κ3) is 13.6. The Morgan fingerprint density at radius 1 is 0.643 bits per heavy atom. The van der Waals surface area contributed by atoms with Crippen LogP contribution in [-0.4, -0.2) is 41.7 Å². The van der Waals surface area contributed by atoms with Crippen molar-refractivity contribution < 1.29 is 14.4 Å². The van der Waals surface area contributed by atoms with Gasteiger partial charge in [-0.15, -0.1) is 0 Å². The van der Waals surface area contributed by atoms with Crippen molar-refractivity contribution in [1.29, 1.82) is 0 Å². The van der Waals surface area contributed by atoms with Crippen LogP contribution >= 0.6 is 0 Å². The molecule has 0 aromatic carbocycles. The zero-order valence-electron chi connectivity index (χ0n) is 19.1. The molecule has 0 aromatic heterocycles. The van der Waals surface area contributed by atoms with E-state index in [-0.39, 0.29) is 0 Å². The molecular formula is C25H50NO2+. The van der Waals surface area contributed by atoms with E-state index in [1.807, 2.05) is 0 Å². The molecule has 3 nitrogen and oxygen atoms in total. The lowest BCUT2D eigenvalue weighted by molar-refractivity contribution is -0.926. The highest BCUT2D eigenvalue weighted by Gasteiger charge is 2.31. The van der Waals surface area contributed by atoms with Crippen LogP contribution in [0, 0.1) is 0 Å². The quantitative estimate of drug-likeness (QED) is 0.183. The topological polar surface area (TPSA) is 37.3 Å². The van der Waals surface area contributed by atoms with E-state index in [9.17, 15) is 9.90 Å². The van der Waals surface area contributed by atoms with Gasteiger partial charge in [-0.1, -0.05) is 96.8 Å². The van der Waals surface area contributed by atoms with E-state index < -0.39 is 5.97 Å². The Hall–Kier alpha value is -0.570. The van der Waals surface area contributed by atoms with Gasteiger partial charge in [0.15, 0.2) is 6.54 Å². The van der Waals surface area contributed by atoms with E-state index in [4.69, 9.17) is 0 Å². The second kappa shape index (κ2) is 17.3. The molecule has 0 radical (unpaired) electrons. The Kier molecular flexibility index (Phi) is 15.7. The van der Waals surface area contributed by atoms with Crippen LogP contribution in [0.4, 0.5) is 0 Å². The lowest BCUT2D eigenvalue weighted by atomic mass is 10.0. The minimum Gasteiger partial charge on any atom is -0.477 e. The lowest BCUT2D eigenvalue weighted by Gasteiger charge is -2.40. The van der Waals surface area contributed by atoms with E-state index in [2.05, 4.69) is 6.92 Å². The molecule has 1 fully saturated rings. The number of unbranched alkanes of at least 4 members (excludes halogenated alkanes) is 15. The molecule has 0 amide bonds. The molecule has 0 unspecified atom stereocenters. The van der Waals surface area contributed by atoms with E-state index in [1.165, 1.54) is 122 Å². The van der Waals surface area contributed by atoms with Gasteiger partial charge < -0.3 is 9.59 Å². The molecule has 3 heteroatoms. The summed E-state index contributed by atoms with van der Waals surface area (Å²) in [5.41, 5.74) is 0. The predicted octanol–water partition coefficient (Wildman–Crippen LogP) is 7.33. The number of aliphatic carboxylic acids is 1. The maximum atomic E-state index is 11.2. The van der Waals surface area contributed by atoms with Crippen LogP contribution in [0.2, 0.25) is 0 Å². The van der Waals surface area contributed by atoms with Crippen molar-refractivity contribution in [1.82, 2.24) is 0 Å². The number of hydrogen-bond acceptors (Lipinski definition) is 1. The molecule has 1 saturated heterocycles. The molecule has 0 saturated carbocycles. The van der Waals surface area contributed by atoms with Crippen molar-refractivity contribution in [3.63, 3.8) is 0 Å². The van der Waals surface area contributed by atoms with Crippen molar-refractivity contribution in [3.05, 3.63) is 0 Å². The van der Waals surface area contributed by atoms with Crippen LogP contribution in [0.1, 0.15) is 129 Å². The van der Waals surface area contributed by atoms with Crippen LogP contribution in [-0.2, 0) is 4.79 Å². The summed E-state index contributed by atoms with van der Waals surface area (Å²) in [6, 6.07) is 0. The Morgan fingerprint density at radius 2 is 1.04 bits per heavy atom. The summed E-state index contributed by atoms with van der Waals surface area (Å²) in [7, 11) is 0. The monoisotopic (exact) mass is 396 g/mol. The molecule has 1 N–H and O–H groups in total. The van der Waals surface area contributed by atoms with Crippen LogP contribution in [0.5, 0.6) is 0 Å². The molecule has 28 heavy (non-hydrogen) atoms. The lowest BCUT2D eigenvalue weighted by Crippen LogP contribution is -2.54. The maximum absolute atomic E-state index is 11.2. The first kappa shape index (κ1) is 25.5. The van der Waals surface area contributed by atoms with Crippen LogP contribution < -0.4 is 0 Å². The van der Waals surface area contributed by atoms with E-state index in [1.54, 1.807) is 0 Å². The van der Waals surface area contributed by atoms with Crippen molar-refractivity contribution >= 4 is 5.97 Å². The van der Waals surface area contributed by atoms with Gasteiger partial charge in [0.1, 0.15) is 0 Å². The number of nitrogens with zero attached hydrogens (tertiary/aromatic N) is 1. The first-order valence-electron chi connectivity index (χ1n) is 12.8. The van der Waals surface area contributed by atoms with E-state index in [0.29, 0.717) is 6.54 Å². The molecule has 0 aromatic rings. The average molecular weight is 397 g/mol. The summed E-state index contributed by atoms with van der Waals surface area (Å²) in [4.78, 5) is 11.2. The number of piperidine rings is 1. The van der Waals surface area contributed by atoms with Crippen molar-refractivity contribution in [3.8, 4) is 0 Å². The number of carboxylic acids is 1. The number of hydrogen-bond donors (Lipinski definition) is 1. The summed E-state index contributed by atoms with van der Waals surface area (Å²) in [5.74, 6) is -0.613. The zero-order chi connectivity index (χ0) is 20.3. The largest absolute Gasteiger partial charge is 0.477 e. The fourth-order valence-corrected chi connectivity index (χ4v) is 4.93. The number of likely N-dealkylation sites (tertiary alicyclic amines) is 1. The first-order chi connectivity index (χ1) is 13.7. The van der Waals surface area contributed by atoms with Gasteiger partial charge >= 0.3 is 5.97 Å². The third-order valence-electron chi connectivity index (χ3n) is 6.72. The SMILES string of the molecule is CCCCCCCCCCCCCCCCCC[N+]1(CC(=O)O)CCCCC1. The summed E-state index contributed by atoms with van der Waals surface area (Å²) >= 11 is 0. The number of quaternary nitrogens is 1. The van der Waals surface area contributed by atoms with Gasteiger partial charge in [-0.2, -0.15) is 0 Å².